The van der Waals surface area contributed by atoms with Crippen LogP contribution in [0.5, 0.6) is 5.75 Å². The van der Waals surface area contributed by atoms with E-state index >= 15 is 0 Å². The summed E-state index contributed by atoms with van der Waals surface area (Å²) in [6.45, 7) is 5.70. The molecular formula is C16H16O2. The largest absolute Gasteiger partial charge is 0.507 e. The number of aromatic hydroxyl groups is 1. The van der Waals surface area contributed by atoms with Crippen LogP contribution in [0.15, 0.2) is 36.4 Å². The summed E-state index contributed by atoms with van der Waals surface area (Å²) in [6.07, 6.45) is 0. The van der Waals surface area contributed by atoms with Crippen LogP contribution in [0.4, 0.5) is 0 Å². The second-order valence-corrected chi connectivity index (χ2v) is 4.60. The first-order chi connectivity index (χ1) is 8.50. The molecule has 0 fully saturated rings. The summed E-state index contributed by atoms with van der Waals surface area (Å²) in [5, 5.41) is 10.0. The third kappa shape index (κ3) is 2.14. The van der Waals surface area contributed by atoms with Crippen molar-refractivity contribution >= 4 is 5.78 Å². The zero-order valence-electron chi connectivity index (χ0n) is 10.8. The van der Waals surface area contributed by atoms with Crippen LogP contribution in [0, 0.1) is 20.8 Å². The molecule has 0 aliphatic heterocycles. The highest BCUT2D eigenvalue weighted by atomic mass is 16.3. The molecule has 2 rings (SSSR count). The number of aryl methyl sites for hydroxylation is 2. The predicted octanol–water partition coefficient (Wildman–Crippen LogP) is 3.55. The summed E-state index contributed by atoms with van der Waals surface area (Å²) in [7, 11) is 0. The van der Waals surface area contributed by atoms with E-state index in [0.717, 1.165) is 16.7 Å². The van der Waals surface area contributed by atoms with Gasteiger partial charge in [0.15, 0.2) is 5.78 Å². The Morgan fingerprint density at radius 1 is 0.944 bits per heavy atom. The maximum Gasteiger partial charge on any atom is 0.196 e. The average molecular weight is 240 g/mol. The van der Waals surface area contributed by atoms with Gasteiger partial charge in [-0.1, -0.05) is 35.9 Å². The van der Waals surface area contributed by atoms with Crippen molar-refractivity contribution in [3.05, 3.63) is 64.2 Å². The van der Waals surface area contributed by atoms with Gasteiger partial charge in [0.2, 0.25) is 0 Å². The normalized spacial score (nSPS) is 10.4. The van der Waals surface area contributed by atoms with Crippen LogP contribution in [0.3, 0.4) is 0 Å². The Morgan fingerprint density at radius 3 is 2.17 bits per heavy atom. The molecule has 2 aromatic carbocycles. The molecule has 0 aliphatic carbocycles. The van der Waals surface area contributed by atoms with Crippen LogP contribution in [0.2, 0.25) is 0 Å². The number of benzene rings is 2. The first-order valence-electron chi connectivity index (χ1n) is 5.91. The summed E-state index contributed by atoms with van der Waals surface area (Å²) < 4.78 is 0. The Morgan fingerprint density at radius 2 is 1.56 bits per heavy atom. The van der Waals surface area contributed by atoms with E-state index in [4.69, 9.17) is 0 Å². The SMILES string of the molecule is Cc1ccc(C(=O)c2ccc(C)c(C)c2O)cc1. The van der Waals surface area contributed by atoms with Gasteiger partial charge in [-0.2, -0.15) is 0 Å². The minimum atomic E-state index is -0.143. The monoisotopic (exact) mass is 240 g/mol. The van der Waals surface area contributed by atoms with Crippen molar-refractivity contribution < 1.29 is 9.90 Å². The Hall–Kier alpha value is -2.09. The molecule has 0 spiro atoms. The van der Waals surface area contributed by atoms with Crippen molar-refractivity contribution in [2.24, 2.45) is 0 Å². The minimum absolute atomic E-state index is 0.0839. The Bertz CT molecular complexity index is 595. The molecule has 18 heavy (non-hydrogen) atoms. The number of carbonyl (C=O) groups excluding carboxylic acids is 1. The molecule has 1 N–H and O–H groups in total. The van der Waals surface area contributed by atoms with E-state index in [0.29, 0.717) is 11.1 Å². The third-order valence-electron chi connectivity index (χ3n) is 3.26. The van der Waals surface area contributed by atoms with Crippen LogP contribution < -0.4 is 0 Å². The van der Waals surface area contributed by atoms with Crippen LogP contribution in [0.25, 0.3) is 0 Å². The highest BCUT2D eigenvalue weighted by Gasteiger charge is 2.15. The van der Waals surface area contributed by atoms with Gasteiger partial charge in [-0.15, -0.1) is 0 Å². The Kier molecular flexibility index (Phi) is 3.19. The van der Waals surface area contributed by atoms with Gasteiger partial charge in [-0.25, -0.2) is 0 Å². The topological polar surface area (TPSA) is 37.3 Å². The minimum Gasteiger partial charge on any atom is -0.507 e. The number of phenols is 1. The maximum absolute atomic E-state index is 12.3. The fourth-order valence-corrected chi connectivity index (χ4v) is 1.84. The number of phenolic OH excluding ortho intramolecular Hbond substituents is 1. The summed E-state index contributed by atoms with van der Waals surface area (Å²) in [4.78, 5) is 12.3. The number of hydrogen-bond donors (Lipinski definition) is 1. The lowest BCUT2D eigenvalue weighted by Gasteiger charge is -2.09. The number of ketones is 1. The summed E-state index contributed by atoms with van der Waals surface area (Å²) in [5.74, 6) is -0.0591. The predicted molar refractivity (Wildman–Crippen MR) is 72.2 cm³/mol. The number of hydrogen-bond acceptors (Lipinski definition) is 2. The van der Waals surface area contributed by atoms with Crippen LogP contribution in [-0.2, 0) is 0 Å². The molecule has 0 amide bonds. The smallest absolute Gasteiger partial charge is 0.196 e. The van der Waals surface area contributed by atoms with E-state index < -0.39 is 0 Å². The third-order valence-corrected chi connectivity index (χ3v) is 3.26. The van der Waals surface area contributed by atoms with Crippen molar-refractivity contribution in [3.63, 3.8) is 0 Å². The zero-order chi connectivity index (χ0) is 13.3. The second-order valence-electron chi connectivity index (χ2n) is 4.60. The molecule has 0 radical (unpaired) electrons. The van der Waals surface area contributed by atoms with E-state index in [2.05, 4.69) is 0 Å². The average Bonchev–Trinajstić information content (AvgIpc) is 2.36. The van der Waals surface area contributed by atoms with Crippen molar-refractivity contribution in [1.29, 1.82) is 0 Å². The standard InChI is InChI=1S/C16H16O2/c1-10-4-7-13(8-5-10)16(18)14-9-6-11(2)12(3)15(14)17/h4-9,17H,1-3H3. The van der Waals surface area contributed by atoms with Gasteiger partial charge in [-0.3, -0.25) is 4.79 Å². The van der Waals surface area contributed by atoms with Crippen molar-refractivity contribution in [2.75, 3.05) is 0 Å². The van der Waals surface area contributed by atoms with Crippen LogP contribution in [0.1, 0.15) is 32.6 Å². The Balaban J connectivity index is 2.46. The lowest BCUT2D eigenvalue weighted by molar-refractivity contribution is 0.103. The highest BCUT2D eigenvalue weighted by Crippen LogP contribution is 2.27. The first kappa shape index (κ1) is 12.4. The molecule has 92 valence electrons. The quantitative estimate of drug-likeness (QED) is 0.815. The summed E-state index contributed by atoms with van der Waals surface area (Å²) in [5.41, 5.74) is 3.80. The van der Waals surface area contributed by atoms with Gasteiger partial charge in [0.05, 0.1) is 5.56 Å². The fourth-order valence-electron chi connectivity index (χ4n) is 1.84. The van der Waals surface area contributed by atoms with E-state index in [1.54, 1.807) is 18.2 Å². The van der Waals surface area contributed by atoms with Crippen molar-refractivity contribution in [2.45, 2.75) is 20.8 Å². The molecule has 2 nitrogen and oxygen atoms in total. The van der Waals surface area contributed by atoms with Gasteiger partial charge in [0, 0.05) is 5.56 Å². The molecule has 2 heteroatoms. The molecular weight excluding hydrogens is 224 g/mol. The number of carbonyl (C=O) groups is 1. The summed E-state index contributed by atoms with van der Waals surface area (Å²) >= 11 is 0. The van der Waals surface area contributed by atoms with E-state index in [1.165, 1.54) is 0 Å². The highest BCUT2D eigenvalue weighted by molar-refractivity contribution is 6.10. The molecule has 0 aromatic heterocycles. The Labute approximate surface area is 107 Å². The molecule has 0 aliphatic rings. The van der Waals surface area contributed by atoms with Gasteiger partial charge in [-0.05, 0) is 38.0 Å². The zero-order valence-corrected chi connectivity index (χ0v) is 10.8. The molecule has 0 bridgehead atoms. The van der Waals surface area contributed by atoms with E-state index in [9.17, 15) is 9.90 Å². The van der Waals surface area contributed by atoms with E-state index in [-0.39, 0.29) is 11.5 Å². The van der Waals surface area contributed by atoms with Gasteiger partial charge >= 0.3 is 0 Å². The molecule has 0 saturated heterocycles. The van der Waals surface area contributed by atoms with Gasteiger partial charge < -0.3 is 5.11 Å². The summed E-state index contributed by atoms with van der Waals surface area (Å²) in [6, 6.07) is 10.9. The molecule has 0 saturated carbocycles. The van der Waals surface area contributed by atoms with Crippen LogP contribution in [-0.4, -0.2) is 10.9 Å². The molecule has 0 unspecified atom stereocenters. The molecule has 0 atom stereocenters. The van der Waals surface area contributed by atoms with Gasteiger partial charge in [0.1, 0.15) is 5.75 Å². The second kappa shape index (κ2) is 4.65. The molecule has 0 heterocycles. The van der Waals surface area contributed by atoms with Crippen LogP contribution >= 0.6 is 0 Å². The van der Waals surface area contributed by atoms with E-state index in [1.807, 2.05) is 39.0 Å². The van der Waals surface area contributed by atoms with Crippen molar-refractivity contribution in [1.82, 2.24) is 0 Å². The molecule has 2 aromatic rings. The first-order valence-corrected chi connectivity index (χ1v) is 5.91. The van der Waals surface area contributed by atoms with Gasteiger partial charge in [0.25, 0.3) is 0 Å². The number of rotatable bonds is 2. The van der Waals surface area contributed by atoms with Crippen molar-refractivity contribution in [3.8, 4) is 5.75 Å². The maximum atomic E-state index is 12.3. The lowest BCUT2D eigenvalue weighted by Crippen LogP contribution is -2.03. The fraction of sp³-hybridized carbons (Fsp3) is 0.188. The lowest BCUT2D eigenvalue weighted by atomic mass is 9.97.